The number of hydrogen-bond acceptors (Lipinski definition) is 4. The summed E-state index contributed by atoms with van der Waals surface area (Å²) < 4.78 is 5.81. The minimum Gasteiger partial charge on any atom is -0.422 e. The normalized spacial score (nSPS) is 10.6. The van der Waals surface area contributed by atoms with Gasteiger partial charge in [-0.05, 0) is 29.8 Å². The molecule has 0 spiro atoms. The van der Waals surface area contributed by atoms with Crippen LogP contribution in [0, 0.1) is 11.3 Å². The number of aldehydes is 1. The van der Waals surface area contributed by atoms with Crippen molar-refractivity contribution in [1.82, 2.24) is 0 Å². The van der Waals surface area contributed by atoms with Gasteiger partial charge in [-0.1, -0.05) is 46.3 Å². The maximum Gasteiger partial charge on any atom is 0.354 e. The molecule has 108 valence electrons. The number of esters is 1. The number of ether oxygens (including phenoxy) is 1. The minimum absolute atomic E-state index is 0.101. The summed E-state index contributed by atoms with van der Waals surface area (Å²) in [4.78, 5) is 23.0. The van der Waals surface area contributed by atoms with Crippen molar-refractivity contribution in [3.8, 4) is 11.8 Å². The molecule has 2 rings (SSSR count). The van der Waals surface area contributed by atoms with Gasteiger partial charge in [-0.3, -0.25) is 4.79 Å². The number of hydrogen-bond donors (Lipinski definition) is 0. The zero-order chi connectivity index (χ0) is 15.9. The van der Waals surface area contributed by atoms with Gasteiger partial charge in [0.2, 0.25) is 0 Å². The van der Waals surface area contributed by atoms with E-state index in [0.29, 0.717) is 16.3 Å². The van der Waals surface area contributed by atoms with Crippen molar-refractivity contribution in [1.29, 1.82) is 5.26 Å². The van der Waals surface area contributed by atoms with Gasteiger partial charge in [0.1, 0.15) is 17.4 Å². The number of benzene rings is 2. The highest BCUT2D eigenvalue weighted by Crippen LogP contribution is 2.23. The maximum absolute atomic E-state index is 12.1. The first-order valence-electron chi connectivity index (χ1n) is 6.28. The average Bonchev–Trinajstić information content (AvgIpc) is 2.53. The Morgan fingerprint density at radius 1 is 1.18 bits per heavy atom. The van der Waals surface area contributed by atoms with Crippen LogP contribution in [-0.4, -0.2) is 12.3 Å². The fourth-order valence-electron chi connectivity index (χ4n) is 1.70. The summed E-state index contributed by atoms with van der Waals surface area (Å²) in [5, 5.41) is 9.12. The van der Waals surface area contributed by atoms with E-state index in [9.17, 15) is 9.59 Å². The second-order valence-electron chi connectivity index (χ2n) is 4.27. The number of carbonyl (C=O) groups is 2. The van der Waals surface area contributed by atoms with Crippen molar-refractivity contribution in [3.05, 3.63) is 69.7 Å². The monoisotopic (exact) mass is 355 g/mol. The molecule has 0 bridgehead atoms. The average molecular weight is 356 g/mol. The van der Waals surface area contributed by atoms with Crippen LogP contribution in [-0.2, 0) is 4.79 Å². The smallest absolute Gasteiger partial charge is 0.354 e. The first-order chi connectivity index (χ1) is 10.6. The quantitative estimate of drug-likeness (QED) is 0.275. The highest BCUT2D eigenvalue weighted by molar-refractivity contribution is 9.10. The molecule has 0 atom stereocenters. The van der Waals surface area contributed by atoms with Crippen LogP contribution in [0.2, 0.25) is 0 Å². The molecule has 0 aliphatic heterocycles. The molecule has 0 fully saturated rings. The number of rotatable bonds is 4. The van der Waals surface area contributed by atoms with Crippen LogP contribution in [0.15, 0.2) is 58.6 Å². The van der Waals surface area contributed by atoms with E-state index in [1.54, 1.807) is 30.3 Å². The van der Waals surface area contributed by atoms with Gasteiger partial charge in [-0.15, -0.1) is 0 Å². The topological polar surface area (TPSA) is 67.2 Å². The number of nitriles is 1. The van der Waals surface area contributed by atoms with Crippen molar-refractivity contribution >= 4 is 34.3 Å². The van der Waals surface area contributed by atoms with E-state index in [4.69, 9.17) is 10.00 Å². The Hall–Kier alpha value is -2.71. The third kappa shape index (κ3) is 3.90. The molecule has 22 heavy (non-hydrogen) atoms. The van der Waals surface area contributed by atoms with Crippen LogP contribution in [0.3, 0.4) is 0 Å². The molecule has 0 radical (unpaired) electrons. The van der Waals surface area contributed by atoms with E-state index in [2.05, 4.69) is 15.9 Å². The lowest BCUT2D eigenvalue weighted by Crippen LogP contribution is -2.11. The van der Waals surface area contributed by atoms with Crippen molar-refractivity contribution < 1.29 is 14.3 Å². The molecule has 0 unspecified atom stereocenters. The molecule has 0 saturated heterocycles. The Morgan fingerprint density at radius 2 is 1.91 bits per heavy atom. The van der Waals surface area contributed by atoms with Crippen molar-refractivity contribution in [2.75, 3.05) is 0 Å². The molecule has 0 amide bonds. The summed E-state index contributed by atoms with van der Waals surface area (Å²) in [7, 11) is 0. The van der Waals surface area contributed by atoms with E-state index >= 15 is 0 Å². The number of carbonyl (C=O) groups excluding carboxylic acids is 2. The number of halogens is 1. The minimum atomic E-state index is -0.812. The van der Waals surface area contributed by atoms with E-state index in [1.807, 2.05) is 12.1 Å². The summed E-state index contributed by atoms with van der Waals surface area (Å²) >= 11 is 3.24. The predicted molar refractivity (Wildman–Crippen MR) is 85.2 cm³/mol. The molecule has 0 N–H and O–H groups in total. The molecular weight excluding hydrogens is 346 g/mol. The Labute approximate surface area is 135 Å². The van der Waals surface area contributed by atoms with Gasteiger partial charge in [-0.25, -0.2) is 4.79 Å². The SMILES string of the molecule is N#C/C(=C\c1ccccc1)C(=O)Oc1cc(Br)ccc1C=O. The van der Waals surface area contributed by atoms with Crippen molar-refractivity contribution in [2.45, 2.75) is 0 Å². The lowest BCUT2D eigenvalue weighted by molar-refractivity contribution is -0.129. The van der Waals surface area contributed by atoms with Crippen LogP contribution in [0.5, 0.6) is 5.75 Å². The first-order valence-corrected chi connectivity index (χ1v) is 7.07. The second kappa shape index (κ2) is 7.34. The molecule has 4 nitrogen and oxygen atoms in total. The van der Waals surface area contributed by atoms with Gasteiger partial charge in [0, 0.05) is 4.47 Å². The largest absolute Gasteiger partial charge is 0.422 e. The first kappa shape index (κ1) is 15.7. The van der Waals surface area contributed by atoms with Crippen LogP contribution >= 0.6 is 15.9 Å². The Bertz CT molecular complexity index is 776. The van der Waals surface area contributed by atoms with Gasteiger partial charge in [0.05, 0.1) is 5.56 Å². The lowest BCUT2D eigenvalue weighted by Gasteiger charge is -2.06. The van der Waals surface area contributed by atoms with Crippen LogP contribution in [0.25, 0.3) is 6.08 Å². The van der Waals surface area contributed by atoms with Gasteiger partial charge in [0.25, 0.3) is 0 Å². The maximum atomic E-state index is 12.1. The third-order valence-corrected chi connectivity index (χ3v) is 3.25. The van der Waals surface area contributed by atoms with Gasteiger partial charge in [-0.2, -0.15) is 5.26 Å². The van der Waals surface area contributed by atoms with Gasteiger partial charge < -0.3 is 4.74 Å². The molecule has 0 aliphatic rings. The fraction of sp³-hybridized carbons (Fsp3) is 0. The molecule has 5 heteroatoms. The Kier molecular flexibility index (Phi) is 5.23. The summed E-state index contributed by atoms with van der Waals surface area (Å²) in [6.45, 7) is 0. The Morgan fingerprint density at radius 3 is 2.55 bits per heavy atom. The zero-order valence-electron chi connectivity index (χ0n) is 11.3. The van der Waals surface area contributed by atoms with E-state index in [-0.39, 0.29) is 16.9 Å². The van der Waals surface area contributed by atoms with Crippen molar-refractivity contribution in [2.24, 2.45) is 0 Å². The molecule has 0 aliphatic carbocycles. The summed E-state index contributed by atoms with van der Waals surface area (Å²) in [6, 6.07) is 15.4. The predicted octanol–water partition coefficient (Wildman–Crippen LogP) is 3.77. The molecular formula is C17H10BrNO3. The third-order valence-electron chi connectivity index (χ3n) is 2.76. The van der Waals surface area contributed by atoms with Crippen LogP contribution < -0.4 is 4.74 Å². The van der Waals surface area contributed by atoms with Crippen LogP contribution in [0.4, 0.5) is 0 Å². The molecule has 0 saturated carbocycles. The van der Waals surface area contributed by atoms with Crippen LogP contribution in [0.1, 0.15) is 15.9 Å². The molecule has 2 aromatic rings. The van der Waals surface area contributed by atoms with E-state index in [1.165, 1.54) is 18.2 Å². The fourth-order valence-corrected chi connectivity index (χ4v) is 2.04. The van der Waals surface area contributed by atoms with Crippen molar-refractivity contribution in [3.63, 3.8) is 0 Å². The summed E-state index contributed by atoms with van der Waals surface area (Å²) in [5.41, 5.74) is 0.789. The molecule has 0 aromatic heterocycles. The standard InChI is InChI=1S/C17H10BrNO3/c18-15-7-6-13(11-20)16(9-15)22-17(21)14(10-19)8-12-4-2-1-3-5-12/h1-9,11H/b14-8+. The van der Waals surface area contributed by atoms with Gasteiger partial charge >= 0.3 is 5.97 Å². The highest BCUT2D eigenvalue weighted by Gasteiger charge is 2.14. The van der Waals surface area contributed by atoms with Gasteiger partial charge in [0.15, 0.2) is 6.29 Å². The molecule has 0 heterocycles. The number of nitrogens with zero attached hydrogens (tertiary/aromatic N) is 1. The van der Waals surface area contributed by atoms with E-state index in [0.717, 1.165) is 0 Å². The zero-order valence-corrected chi connectivity index (χ0v) is 12.9. The van der Waals surface area contributed by atoms with E-state index < -0.39 is 5.97 Å². The summed E-state index contributed by atoms with van der Waals surface area (Å²) in [6.07, 6.45) is 2.02. The second-order valence-corrected chi connectivity index (χ2v) is 5.19. The summed E-state index contributed by atoms with van der Waals surface area (Å²) in [5.74, 6) is -0.712. The molecule has 2 aromatic carbocycles. The Balaban J connectivity index is 2.28. The lowest BCUT2D eigenvalue weighted by atomic mass is 10.1. The highest BCUT2D eigenvalue weighted by atomic mass is 79.9.